The van der Waals surface area contributed by atoms with Crippen LogP contribution in [-0.4, -0.2) is 34.5 Å². The van der Waals surface area contributed by atoms with E-state index in [-0.39, 0.29) is 28.8 Å². The molecule has 3 atom stereocenters. The first-order valence-electron chi connectivity index (χ1n) is 16.5. The van der Waals surface area contributed by atoms with Gasteiger partial charge in [-0.05, 0) is 86.3 Å². The fraction of sp³-hybridized carbons (Fsp3) is 0.316. The average Bonchev–Trinajstić information content (AvgIpc) is 3.07. The Labute approximate surface area is 281 Å². The molecule has 0 saturated heterocycles. The number of sulfonamides is 1. The maximum absolute atomic E-state index is 13.7. The maximum atomic E-state index is 13.7. The van der Waals surface area contributed by atoms with Gasteiger partial charge in [0.1, 0.15) is 18.5 Å². The van der Waals surface area contributed by atoms with Gasteiger partial charge in [-0.3, -0.25) is 0 Å². The molecular weight excluding hydrogens is 623 g/mol. The van der Waals surface area contributed by atoms with Crippen molar-refractivity contribution < 1.29 is 17.9 Å². The lowest BCUT2D eigenvalue weighted by Crippen LogP contribution is -2.29. The molecule has 1 N–H and O–H groups in total. The molecule has 2 aromatic heterocycles. The first-order chi connectivity index (χ1) is 23.3. The minimum atomic E-state index is -3.98. The van der Waals surface area contributed by atoms with Crippen LogP contribution in [0.3, 0.4) is 0 Å². The second-order valence-electron chi connectivity index (χ2n) is 12.8. The van der Waals surface area contributed by atoms with E-state index in [2.05, 4.69) is 14.7 Å². The molecule has 1 aliphatic heterocycles. The largest absolute Gasteiger partial charge is 0.486 e. The number of rotatable bonds is 5. The van der Waals surface area contributed by atoms with Crippen LogP contribution in [0.1, 0.15) is 66.1 Å². The van der Waals surface area contributed by atoms with E-state index in [1.54, 1.807) is 30.6 Å². The highest BCUT2D eigenvalue weighted by atomic mass is 32.2. The number of hydrogen-bond donors (Lipinski definition) is 1. The van der Waals surface area contributed by atoms with Crippen molar-refractivity contribution in [3.05, 3.63) is 119 Å². The molecular formula is C38H39N5O4S. The zero-order valence-corrected chi connectivity index (χ0v) is 28.0. The van der Waals surface area contributed by atoms with Gasteiger partial charge in [-0.1, -0.05) is 67.1 Å². The van der Waals surface area contributed by atoms with Gasteiger partial charge in [-0.2, -0.15) is 4.98 Å². The fourth-order valence-corrected chi connectivity index (χ4v) is 7.98. The van der Waals surface area contributed by atoms with E-state index in [0.717, 1.165) is 65.7 Å². The van der Waals surface area contributed by atoms with E-state index in [1.165, 1.54) is 0 Å². The van der Waals surface area contributed by atoms with Crippen LogP contribution in [-0.2, 0) is 23.1 Å². The number of nitrogens with one attached hydrogen (secondary N) is 1. The van der Waals surface area contributed by atoms with E-state index < -0.39 is 10.0 Å². The molecule has 1 aliphatic carbocycles. The van der Waals surface area contributed by atoms with Gasteiger partial charge in [0, 0.05) is 17.5 Å². The zero-order chi connectivity index (χ0) is 33.1. The molecule has 48 heavy (non-hydrogen) atoms. The molecule has 9 nitrogen and oxygen atoms in total. The molecule has 6 bridgehead atoms. The van der Waals surface area contributed by atoms with Crippen molar-refractivity contribution in [2.75, 3.05) is 4.72 Å². The van der Waals surface area contributed by atoms with Crippen molar-refractivity contribution in [3.8, 4) is 22.9 Å². The van der Waals surface area contributed by atoms with E-state index in [1.807, 2.05) is 74.5 Å². The molecule has 5 aromatic rings. The number of benzene rings is 3. The van der Waals surface area contributed by atoms with Gasteiger partial charge in [-0.25, -0.2) is 28.1 Å². The number of fused-ring (bicyclic) bond motifs is 6. The molecule has 0 spiro atoms. The Morgan fingerprint density at radius 2 is 1.62 bits per heavy atom. The fourth-order valence-electron chi connectivity index (χ4n) is 6.97. The molecule has 0 radical (unpaired) electrons. The second kappa shape index (κ2) is 13.7. The first-order valence-corrected chi connectivity index (χ1v) is 18.0. The number of aryl methyl sites for hydroxylation is 2. The molecule has 2 aliphatic rings. The van der Waals surface area contributed by atoms with Gasteiger partial charge in [-0.15, -0.1) is 0 Å². The normalized spacial score (nSPS) is 20.3. The molecule has 3 heterocycles. The Balaban J connectivity index is 1.24. The van der Waals surface area contributed by atoms with E-state index in [9.17, 15) is 8.42 Å². The topological polar surface area (TPSA) is 116 Å². The van der Waals surface area contributed by atoms with Gasteiger partial charge in [0.15, 0.2) is 5.75 Å². The molecule has 1 fully saturated rings. The van der Waals surface area contributed by atoms with E-state index in [4.69, 9.17) is 19.4 Å². The SMILES string of the molecule is Cc1cccc(C)c1-c1cc2nc(n1)NS(=O)(=O)c1cccc(c1)CC1C[C@@H](CCCC[C@@H]1c1ncc(OCc3ccccc3)cn1)O2. The Hall–Kier alpha value is -4.83. The lowest BCUT2D eigenvalue weighted by molar-refractivity contribution is 0.126. The Bertz CT molecular complexity index is 1980. The van der Waals surface area contributed by atoms with Crippen molar-refractivity contribution in [1.82, 2.24) is 19.9 Å². The van der Waals surface area contributed by atoms with Crippen LogP contribution in [0.25, 0.3) is 11.3 Å². The monoisotopic (exact) mass is 661 g/mol. The summed E-state index contributed by atoms with van der Waals surface area (Å²) in [6.45, 7) is 4.48. The van der Waals surface area contributed by atoms with Crippen LogP contribution in [0.15, 0.2) is 96.2 Å². The van der Waals surface area contributed by atoms with Crippen molar-refractivity contribution in [3.63, 3.8) is 0 Å². The van der Waals surface area contributed by atoms with Crippen LogP contribution in [0.4, 0.5) is 5.95 Å². The molecule has 0 amide bonds. The smallest absolute Gasteiger partial charge is 0.264 e. The predicted octanol–water partition coefficient (Wildman–Crippen LogP) is 7.60. The van der Waals surface area contributed by atoms with E-state index in [0.29, 0.717) is 30.4 Å². The standard InChI is InChI=1S/C38H39N5O4S/c1-25-10-8-11-26(2)36(25)34-21-35-42-38(41-34)43-48(44,45)32-16-9-14-28(19-32)18-29-20-30(47-35)15-6-7-17-33(29)37-39-22-31(23-40-37)46-24-27-12-4-3-5-13-27/h3-5,8-14,16,19,21-23,29-30,33H,6-7,15,17-18,20,24H2,1-2H3,(H,41,42,43)/t29?,30-,33+/m1/s1. The molecule has 1 saturated carbocycles. The van der Waals surface area contributed by atoms with Crippen LogP contribution in [0.2, 0.25) is 0 Å². The van der Waals surface area contributed by atoms with Crippen molar-refractivity contribution in [1.29, 1.82) is 0 Å². The van der Waals surface area contributed by atoms with Gasteiger partial charge in [0.25, 0.3) is 10.0 Å². The molecule has 10 heteroatoms. The highest BCUT2D eigenvalue weighted by Gasteiger charge is 2.32. The van der Waals surface area contributed by atoms with Crippen LogP contribution < -0.4 is 14.2 Å². The number of aromatic nitrogens is 4. The van der Waals surface area contributed by atoms with Crippen LogP contribution in [0, 0.1) is 19.8 Å². The molecule has 1 unspecified atom stereocenters. The van der Waals surface area contributed by atoms with Crippen molar-refractivity contribution in [2.24, 2.45) is 5.92 Å². The highest BCUT2D eigenvalue weighted by Crippen LogP contribution is 2.39. The summed E-state index contributed by atoms with van der Waals surface area (Å²) < 4.78 is 42.7. The summed E-state index contributed by atoms with van der Waals surface area (Å²) in [5, 5.41) is 0. The highest BCUT2D eigenvalue weighted by molar-refractivity contribution is 7.92. The third-order valence-corrected chi connectivity index (χ3v) is 10.6. The molecule has 3 aromatic carbocycles. The quantitative estimate of drug-likeness (QED) is 0.205. The lowest BCUT2D eigenvalue weighted by atomic mass is 9.77. The van der Waals surface area contributed by atoms with Crippen LogP contribution >= 0.6 is 0 Å². The maximum Gasteiger partial charge on any atom is 0.264 e. The van der Waals surface area contributed by atoms with Crippen LogP contribution in [0.5, 0.6) is 11.6 Å². The summed E-state index contributed by atoms with van der Waals surface area (Å²) >= 11 is 0. The first kappa shape index (κ1) is 31.8. The Morgan fingerprint density at radius 1 is 0.875 bits per heavy atom. The summed E-state index contributed by atoms with van der Waals surface area (Å²) in [6.07, 6.45) is 8.53. The van der Waals surface area contributed by atoms with E-state index >= 15 is 0 Å². The summed E-state index contributed by atoms with van der Waals surface area (Å²) in [7, 11) is -3.98. The average molecular weight is 662 g/mol. The number of anilines is 1. The van der Waals surface area contributed by atoms with Gasteiger partial charge < -0.3 is 9.47 Å². The summed E-state index contributed by atoms with van der Waals surface area (Å²) in [5.41, 5.74) is 5.61. The number of nitrogens with zero attached hydrogens (tertiary/aromatic N) is 4. The molecule has 7 rings (SSSR count). The van der Waals surface area contributed by atoms with Gasteiger partial charge in [0.05, 0.1) is 23.0 Å². The third-order valence-electron chi connectivity index (χ3n) is 9.31. The second-order valence-corrected chi connectivity index (χ2v) is 14.5. The molecule has 246 valence electrons. The Kier molecular flexibility index (Phi) is 9.08. The zero-order valence-electron chi connectivity index (χ0n) is 27.2. The van der Waals surface area contributed by atoms with Crippen molar-refractivity contribution >= 4 is 16.0 Å². The minimum absolute atomic E-state index is 0.0157. The number of ether oxygens (including phenoxy) is 2. The van der Waals surface area contributed by atoms with Crippen molar-refractivity contribution in [2.45, 2.75) is 75.9 Å². The van der Waals surface area contributed by atoms with Gasteiger partial charge in [0.2, 0.25) is 11.8 Å². The lowest BCUT2D eigenvalue weighted by Gasteiger charge is -2.32. The Morgan fingerprint density at radius 3 is 2.42 bits per heavy atom. The summed E-state index contributed by atoms with van der Waals surface area (Å²) in [4.78, 5) is 19.0. The minimum Gasteiger partial charge on any atom is -0.486 e. The third kappa shape index (κ3) is 7.18. The number of hydrogen-bond acceptors (Lipinski definition) is 8. The summed E-state index contributed by atoms with van der Waals surface area (Å²) in [6, 6.07) is 25.0. The summed E-state index contributed by atoms with van der Waals surface area (Å²) in [5.74, 6) is 1.87. The van der Waals surface area contributed by atoms with Gasteiger partial charge >= 0.3 is 0 Å². The predicted molar refractivity (Wildman–Crippen MR) is 184 cm³/mol.